The molecule has 0 aliphatic carbocycles. The van der Waals surface area contributed by atoms with Crippen LogP contribution in [0.4, 0.5) is 0 Å². The van der Waals surface area contributed by atoms with E-state index in [9.17, 15) is 13.6 Å². The standard InChI is InChI=1S/C3H4N4O3S/c4-2(8)3-5-1-6-7(3)11(9)10/h1H,(H2,4,8)(H,9,10)/p-1. The fraction of sp³-hybridized carbons (Fsp3) is 0. The summed E-state index contributed by atoms with van der Waals surface area (Å²) in [6.45, 7) is 0. The number of amides is 1. The molecule has 1 unspecified atom stereocenters. The summed E-state index contributed by atoms with van der Waals surface area (Å²) < 4.78 is 20.9. The Morgan fingerprint density at radius 1 is 1.82 bits per heavy atom. The number of nitrogens with two attached hydrogens (primary N) is 1. The van der Waals surface area contributed by atoms with Crippen LogP contribution in [-0.4, -0.2) is 28.8 Å². The van der Waals surface area contributed by atoms with Crippen LogP contribution in [0.3, 0.4) is 0 Å². The van der Waals surface area contributed by atoms with Crippen molar-refractivity contribution in [2.45, 2.75) is 0 Å². The quantitative estimate of drug-likeness (QED) is 0.523. The van der Waals surface area contributed by atoms with Crippen LogP contribution >= 0.6 is 0 Å². The van der Waals surface area contributed by atoms with E-state index in [0.717, 1.165) is 6.33 Å². The van der Waals surface area contributed by atoms with Crippen molar-refractivity contribution in [3.05, 3.63) is 12.2 Å². The third-order valence-corrected chi connectivity index (χ3v) is 1.43. The van der Waals surface area contributed by atoms with Gasteiger partial charge in [0, 0.05) is 0 Å². The summed E-state index contributed by atoms with van der Waals surface area (Å²) in [5, 5.41) is 3.23. The largest absolute Gasteiger partial charge is 0.754 e. The molecule has 1 aromatic rings. The Bertz CT molecular complexity index is 279. The van der Waals surface area contributed by atoms with Crippen LogP contribution in [0.2, 0.25) is 0 Å². The summed E-state index contributed by atoms with van der Waals surface area (Å²) in [6.07, 6.45) is 0.926. The highest BCUT2D eigenvalue weighted by Gasteiger charge is 2.09. The van der Waals surface area contributed by atoms with E-state index in [4.69, 9.17) is 5.73 Å². The molecule has 2 N–H and O–H groups in total. The number of carbonyl (C=O) groups excluding carboxylic acids is 1. The van der Waals surface area contributed by atoms with E-state index in [1.807, 2.05) is 0 Å². The van der Waals surface area contributed by atoms with Crippen LogP contribution in [0.15, 0.2) is 6.33 Å². The molecule has 1 atom stereocenters. The molecule has 0 spiro atoms. The van der Waals surface area contributed by atoms with Gasteiger partial charge in [-0.25, -0.2) is 4.98 Å². The minimum atomic E-state index is -2.64. The van der Waals surface area contributed by atoms with Gasteiger partial charge in [-0.3, -0.25) is 9.00 Å². The molecule has 0 aliphatic heterocycles. The average Bonchev–Trinajstić information content (AvgIpc) is 2.32. The van der Waals surface area contributed by atoms with Crippen molar-refractivity contribution in [1.29, 1.82) is 0 Å². The molecule has 0 aliphatic rings. The molecule has 0 bridgehead atoms. The van der Waals surface area contributed by atoms with Crippen molar-refractivity contribution in [2.24, 2.45) is 5.73 Å². The van der Waals surface area contributed by atoms with Gasteiger partial charge in [-0.2, -0.15) is 4.09 Å². The molecule has 0 saturated heterocycles. The van der Waals surface area contributed by atoms with Gasteiger partial charge in [-0.1, -0.05) is 0 Å². The number of nitrogens with zero attached hydrogens (tertiary/aromatic N) is 3. The normalized spacial score (nSPS) is 12.8. The number of carbonyl (C=O) groups is 1. The predicted molar refractivity (Wildman–Crippen MR) is 32.9 cm³/mol. The van der Waals surface area contributed by atoms with Crippen molar-refractivity contribution in [3.63, 3.8) is 0 Å². The van der Waals surface area contributed by atoms with Crippen LogP contribution < -0.4 is 5.73 Å². The lowest BCUT2D eigenvalue weighted by molar-refractivity contribution is 0.0989. The molecule has 11 heavy (non-hydrogen) atoms. The van der Waals surface area contributed by atoms with Gasteiger partial charge >= 0.3 is 0 Å². The lowest BCUT2D eigenvalue weighted by Crippen LogP contribution is -2.20. The molecule has 1 amide bonds. The summed E-state index contributed by atoms with van der Waals surface area (Å²) in [6, 6.07) is 0. The smallest absolute Gasteiger partial charge is 0.287 e. The molecule has 0 aromatic carbocycles. The molecule has 0 saturated carbocycles. The summed E-state index contributed by atoms with van der Waals surface area (Å²) in [7, 11) is 0. The number of hydrogen-bond acceptors (Lipinski definition) is 5. The van der Waals surface area contributed by atoms with Gasteiger partial charge in [-0.05, 0) is 0 Å². The fourth-order valence-electron chi connectivity index (χ4n) is 0.498. The first-order valence-electron chi connectivity index (χ1n) is 2.42. The van der Waals surface area contributed by atoms with Crippen LogP contribution in [0, 0.1) is 0 Å². The Morgan fingerprint density at radius 2 is 2.45 bits per heavy atom. The first-order chi connectivity index (χ1) is 5.13. The van der Waals surface area contributed by atoms with E-state index in [0.29, 0.717) is 4.09 Å². The molecular formula is C3H3N4O3S-. The van der Waals surface area contributed by atoms with Crippen LogP contribution in [0.5, 0.6) is 0 Å². The first kappa shape index (κ1) is 7.82. The summed E-state index contributed by atoms with van der Waals surface area (Å²) in [5.41, 5.74) is 4.76. The van der Waals surface area contributed by atoms with Crippen molar-refractivity contribution in [2.75, 3.05) is 0 Å². The molecule has 7 nitrogen and oxygen atoms in total. The highest BCUT2D eigenvalue weighted by molar-refractivity contribution is 7.77. The second-order valence-corrected chi connectivity index (χ2v) is 2.32. The zero-order valence-corrected chi connectivity index (χ0v) is 5.95. The highest BCUT2D eigenvalue weighted by atomic mass is 32.2. The zero-order chi connectivity index (χ0) is 8.43. The Labute approximate surface area is 63.6 Å². The third-order valence-electron chi connectivity index (χ3n) is 0.879. The van der Waals surface area contributed by atoms with E-state index in [-0.39, 0.29) is 0 Å². The molecule has 1 heterocycles. The topological polar surface area (TPSA) is 114 Å². The SMILES string of the molecule is NC(=O)c1ncnn1S(=O)[O-]. The van der Waals surface area contributed by atoms with Gasteiger partial charge in [0.05, 0.1) is 11.3 Å². The van der Waals surface area contributed by atoms with Crippen molar-refractivity contribution in [3.8, 4) is 0 Å². The van der Waals surface area contributed by atoms with Crippen LogP contribution in [0.25, 0.3) is 0 Å². The van der Waals surface area contributed by atoms with Crippen molar-refractivity contribution < 1.29 is 13.6 Å². The number of rotatable bonds is 2. The van der Waals surface area contributed by atoms with Crippen molar-refractivity contribution >= 4 is 17.2 Å². The van der Waals surface area contributed by atoms with E-state index in [2.05, 4.69) is 10.1 Å². The van der Waals surface area contributed by atoms with Gasteiger partial charge in [0.2, 0.25) is 5.82 Å². The monoisotopic (exact) mass is 175 g/mol. The summed E-state index contributed by atoms with van der Waals surface area (Å²) >= 11 is -2.64. The predicted octanol–water partition coefficient (Wildman–Crippen LogP) is -1.98. The lowest BCUT2D eigenvalue weighted by atomic mass is 10.6. The Morgan fingerprint density at radius 3 is 2.82 bits per heavy atom. The Balaban J connectivity index is 3.16. The van der Waals surface area contributed by atoms with Gasteiger partial charge in [-0.15, -0.1) is 5.10 Å². The van der Waals surface area contributed by atoms with Gasteiger partial charge < -0.3 is 10.3 Å². The molecule has 0 radical (unpaired) electrons. The van der Waals surface area contributed by atoms with Gasteiger partial charge in [0.1, 0.15) is 6.33 Å². The van der Waals surface area contributed by atoms with E-state index in [1.165, 1.54) is 0 Å². The molecule has 8 heteroatoms. The molecular weight excluding hydrogens is 172 g/mol. The maximum atomic E-state index is 10.4. The van der Waals surface area contributed by atoms with E-state index >= 15 is 0 Å². The van der Waals surface area contributed by atoms with Crippen LogP contribution in [-0.2, 0) is 11.3 Å². The van der Waals surface area contributed by atoms with Crippen molar-refractivity contribution in [1.82, 2.24) is 14.2 Å². The summed E-state index contributed by atoms with van der Waals surface area (Å²) in [4.78, 5) is 13.7. The van der Waals surface area contributed by atoms with E-state index in [1.54, 1.807) is 0 Å². The lowest BCUT2D eigenvalue weighted by Gasteiger charge is -2.03. The number of aromatic nitrogens is 3. The number of hydrogen-bond donors (Lipinski definition) is 1. The maximum absolute atomic E-state index is 10.4. The van der Waals surface area contributed by atoms with Gasteiger partial charge in [0.25, 0.3) is 5.91 Å². The highest BCUT2D eigenvalue weighted by Crippen LogP contribution is 1.91. The second-order valence-electron chi connectivity index (χ2n) is 1.54. The Kier molecular flexibility index (Phi) is 1.96. The second kappa shape index (κ2) is 2.76. The minimum Gasteiger partial charge on any atom is -0.754 e. The van der Waals surface area contributed by atoms with Gasteiger partial charge in [0.15, 0.2) is 0 Å². The van der Waals surface area contributed by atoms with Crippen LogP contribution in [0.1, 0.15) is 10.6 Å². The molecule has 60 valence electrons. The third kappa shape index (κ3) is 1.41. The fourth-order valence-corrected chi connectivity index (χ4v) is 0.896. The first-order valence-corrected chi connectivity index (χ1v) is 3.45. The molecule has 0 fully saturated rings. The molecule has 1 rings (SSSR count). The average molecular weight is 175 g/mol. The maximum Gasteiger partial charge on any atom is 0.287 e. The number of primary amides is 1. The minimum absolute atomic E-state index is 0.404. The zero-order valence-electron chi connectivity index (χ0n) is 5.13. The van der Waals surface area contributed by atoms with E-state index < -0.39 is 23.0 Å². The Hall–Kier alpha value is -1.28. The summed E-state index contributed by atoms with van der Waals surface area (Å²) in [5.74, 6) is -1.34. The molecule has 1 aromatic heterocycles.